The maximum Gasteiger partial charge on any atom is 0.222 e. The van der Waals surface area contributed by atoms with Gasteiger partial charge in [-0.2, -0.15) is 0 Å². The number of aromatic amines is 1. The highest BCUT2D eigenvalue weighted by molar-refractivity contribution is 5.84. The molecule has 94 valence electrons. The van der Waals surface area contributed by atoms with Gasteiger partial charge in [0, 0.05) is 36.1 Å². The van der Waals surface area contributed by atoms with E-state index < -0.39 is 0 Å². The normalized spacial score (nSPS) is 20.7. The van der Waals surface area contributed by atoms with Crippen LogP contribution in [-0.2, 0) is 4.79 Å². The van der Waals surface area contributed by atoms with Crippen LogP contribution < -0.4 is 10.6 Å². The molecular formula is C14H17N3O. The summed E-state index contributed by atoms with van der Waals surface area (Å²) in [5.74, 6) is 0.111. The summed E-state index contributed by atoms with van der Waals surface area (Å²) in [5.41, 5.74) is 3.49. The standard InChI is InChI=1S/C14H17N3O/c1-9-3-2-4-11-10(9)7-13(17-11)12-8-14(18)16-6-5-15-12/h2-4,7,12,15,17H,5-6,8H2,1H3,(H,16,18). The van der Waals surface area contributed by atoms with Gasteiger partial charge in [0.05, 0.1) is 6.04 Å². The second kappa shape index (κ2) is 4.46. The lowest BCUT2D eigenvalue weighted by molar-refractivity contribution is -0.121. The number of rotatable bonds is 1. The lowest BCUT2D eigenvalue weighted by atomic mass is 10.1. The largest absolute Gasteiger partial charge is 0.357 e. The number of aromatic nitrogens is 1. The average molecular weight is 243 g/mol. The first-order valence-electron chi connectivity index (χ1n) is 6.32. The van der Waals surface area contributed by atoms with Gasteiger partial charge in [0.2, 0.25) is 5.91 Å². The summed E-state index contributed by atoms with van der Waals surface area (Å²) in [4.78, 5) is 15.0. The zero-order valence-corrected chi connectivity index (χ0v) is 10.4. The van der Waals surface area contributed by atoms with Crippen LogP contribution in [0.25, 0.3) is 10.9 Å². The number of fused-ring (bicyclic) bond motifs is 1. The number of benzene rings is 1. The smallest absolute Gasteiger partial charge is 0.222 e. The van der Waals surface area contributed by atoms with Gasteiger partial charge < -0.3 is 15.6 Å². The van der Waals surface area contributed by atoms with Crippen molar-refractivity contribution < 1.29 is 4.79 Å². The minimum Gasteiger partial charge on any atom is -0.357 e. The van der Waals surface area contributed by atoms with E-state index in [9.17, 15) is 4.79 Å². The van der Waals surface area contributed by atoms with Crippen LogP contribution >= 0.6 is 0 Å². The van der Waals surface area contributed by atoms with Crippen LogP contribution in [0.15, 0.2) is 24.3 Å². The van der Waals surface area contributed by atoms with Crippen LogP contribution in [0, 0.1) is 6.92 Å². The van der Waals surface area contributed by atoms with Crippen molar-refractivity contribution in [1.29, 1.82) is 0 Å². The van der Waals surface area contributed by atoms with E-state index in [1.165, 1.54) is 10.9 Å². The Bertz CT molecular complexity index is 588. The van der Waals surface area contributed by atoms with Gasteiger partial charge >= 0.3 is 0 Å². The summed E-state index contributed by atoms with van der Waals surface area (Å²) >= 11 is 0. The lowest BCUT2D eigenvalue weighted by Gasteiger charge is -2.12. The third-order valence-electron chi connectivity index (χ3n) is 3.51. The second-order valence-corrected chi connectivity index (χ2v) is 4.82. The first kappa shape index (κ1) is 11.3. The Labute approximate surface area is 106 Å². The molecular weight excluding hydrogens is 226 g/mol. The van der Waals surface area contributed by atoms with Gasteiger partial charge in [-0.25, -0.2) is 0 Å². The van der Waals surface area contributed by atoms with Crippen LogP contribution in [-0.4, -0.2) is 24.0 Å². The molecule has 18 heavy (non-hydrogen) atoms. The topological polar surface area (TPSA) is 56.9 Å². The van der Waals surface area contributed by atoms with E-state index in [2.05, 4.69) is 40.7 Å². The fourth-order valence-electron chi connectivity index (χ4n) is 2.51. The predicted octanol–water partition coefficient (Wildman–Crippen LogP) is 1.63. The zero-order valence-electron chi connectivity index (χ0n) is 10.4. The van der Waals surface area contributed by atoms with E-state index in [4.69, 9.17) is 0 Å². The van der Waals surface area contributed by atoms with Crippen molar-refractivity contribution in [1.82, 2.24) is 15.6 Å². The van der Waals surface area contributed by atoms with E-state index in [1.54, 1.807) is 0 Å². The molecule has 0 aliphatic carbocycles. The molecule has 1 fully saturated rings. The van der Waals surface area contributed by atoms with Gasteiger partial charge in [-0.3, -0.25) is 4.79 Å². The number of aryl methyl sites for hydroxylation is 1. The molecule has 0 bridgehead atoms. The number of amides is 1. The number of nitrogens with one attached hydrogen (secondary N) is 3. The van der Waals surface area contributed by atoms with Gasteiger partial charge in [0.25, 0.3) is 0 Å². The van der Waals surface area contributed by atoms with Crippen LogP contribution in [0.5, 0.6) is 0 Å². The first-order chi connectivity index (χ1) is 8.74. The van der Waals surface area contributed by atoms with E-state index in [0.717, 1.165) is 17.8 Å². The number of carbonyl (C=O) groups is 1. The SMILES string of the molecule is Cc1cccc2[nH]c(C3CC(=O)NCCN3)cc12. The molecule has 3 N–H and O–H groups in total. The molecule has 2 aromatic rings. The Balaban J connectivity index is 1.98. The van der Waals surface area contributed by atoms with Crippen molar-refractivity contribution in [2.24, 2.45) is 0 Å². The van der Waals surface area contributed by atoms with E-state index >= 15 is 0 Å². The molecule has 2 heterocycles. The molecule has 1 unspecified atom stereocenters. The summed E-state index contributed by atoms with van der Waals surface area (Å²) in [6.07, 6.45) is 0.492. The number of hydrogen-bond donors (Lipinski definition) is 3. The average Bonchev–Trinajstić information content (AvgIpc) is 2.67. The first-order valence-corrected chi connectivity index (χ1v) is 6.32. The minimum atomic E-state index is 0.0827. The molecule has 4 heteroatoms. The zero-order chi connectivity index (χ0) is 12.5. The van der Waals surface area contributed by atoms with Crippen molar-refractivity contribution >= 4 is 16.8 Å². The van der Waals surface area contributed by atoms with Crippen molar-refractivity contribution in [3.8, 4) is 0 Å². The summed E-state index contributed by atoms with van der Waals surface area (Å²) in [7, 11) is 0. The van der Waals surface area contributed by atoms with Crippen molar-refractivity contribution in [3.63, 3.8) is 0 Å². The molecule has 0 saturated carbocycles. The Morgan fingerprint density at radius 2 is 2.17 bits per heavy atom. The highest BCUT2D eigenvalue weighted by Gasteiger charge is 2.20. The fraction of sp³-hybridized carbons (Fsp3) is 0.357. The summed E-state index contributed by atoms with van der Waals surface area (Å²) in [6.45, 7) is 3.62. The molecule has 1 aliphatic rings. The summed E-state index contributed by atoms with van der Waals surface area (Å²) in [5, 5.41) is 7.50. The highest BCUT2D eigenvalue weighted by atomic mass is 16.1. The molecule has 0 radical (unpaired) electrons. The van der Waals surface area contributed by atoms with Gasteiger partial charge in [0.15, 0.2) is 0 Å². The molecule has 1 atom stereocenters. The van der Waals surface area contributed by atoms with E-state index in [1.807, 2.05) is 6.07 Å². The van der Waals surface area contributed by atoms with E-state index in [0.29, 0.717) is 13.0 Å². The lowest BCUT2D eigenvalue weighted by Crippen LogP contribution is -2.24. The summed E-state index contributed by atoms with van der Waals surface area (Å²) < 4.78 is 0. The predicted molar refractivity (Wildman–Crippen MR) is 71.4 cm³/mol. The van der Waals surface area contributed by atoms with Crippen molar-refractivity contribution in [2.75, 3.05) is 13.1 Å². The van der Waals surface area contributed by atoms with Crippen molar-refractivity contribution in [3.05, 3.63) is 35.5 Å². The van der Waals surface area contributed by atoms with Crippen LogP contribution in [0.2, 0.25) is 0 Å². The van der Waals surface area contributed by atoms with Crippen LogP contribution in [0.4, 0.5) is 0 Å². The number of carbonyl (C=O) groups excluding carboxylic acids is 1. The van der Waals surface area contributed by atoms with E-state index in [-0.39, 0.29) is 11.9 Å². The van der Waals surface area contributed by atoms with Crippen LogP contribution in [0.3, 0.4) is 0 Å². The van der Waals surface area contributed by atoms with Crippen LogP contribution in [0.1, 0.15) is 23.7 Å². The molecule has 4 nitrogen and oxygen atoms in total. The monoisotopic (exact) mass is 243 g/mol. The third-order valence-corrected chi connectivity index (χ3v) is 3.51. The minimum absolute atomic E-state index is 0.0827. The quantitative estimate of drug-likeness (QED) is 0.713. The van der Waals surface area contributed by atoms with Gasteiger partial charge in [0.1, 0.15) is 0 Å². The van der Waals surface area contributed by atoms with Gasteiger partial charge in [-0.05, 0) is 24.6 Å². The van der Waals surface area contributed by atoms with Crippen molar-refractivity contribution in [2.45, 2.75) is 19.4 Å². The fourth-order valence-corrected chi connectivity index (χ4v) is 2.51. The molecule has 1 aliphatic heterocycles. The molecule has 0 spiro atoms. The molecule has 1 saturated heterocycles. The Kier molecular flexibility index (Phi) is 2.80. The third kappa shape index (κ3) is 1.99. The Morgan fingerprint density at radius 1 is 1.28 bits per heavy atom. The molecule has 1 aromatic carbocycles. The number of H-pyrrole nitrogens is 1. The summed E-state index contributed by atoms with van der Waals surface area (Å²) in [6, 6.07) is 8.46. The Morgan fingerprint density at radius 3 is 3.00 bits per heavy atom. The Hall–Kier alpha value is -1.81. The van der Waals surface area contributed by atoms with Gasteiger partial charge in [-0.15, -0.1) is 0 Å². The molecule has 3 rings (SSSR count). The maximum atomic E-state index is 11.6. The number of hydrogen-bond acceptors (Lipinski definition) is 2. The van der Waals surface area contributed by atoms with Gasteiger partial charge in [-0.1, -0.05) is 12.1 Å². The maximum absolute atomic E-state index is 11.6. The molecule has 1 aromatic heterocycles. The highest BCUT2D eigenvalue weighted by Crippen LogP contribution is 2.24. The second-order valence-electron chi connectivity index (χ2n) is 4.82. The molecule has 1 amide bonds.